The Hall–Kier alpha value is -1.20. The predicted molar refractivity (Wildman–Crippen MR) is 108 cm³/mol. The molecule has 0 radical (unpaired) electrons. The summed E-state index contributed by atoms with van der Waals surface area (Å²) in [5.41, 5.74) is 0.949. The number of nitrogens with one attached hydrogen (secondary N) is 1. The van der Waals surface area contributed by atoms with Gasteiger partial charge < -0.3 is 15.0 Å². The third-order valence-corrected chi connectivity index (χ3v) is 5.81. The van der Waals surface area contributed by atoms with Crippen LogP contribution < -0.4 is 5.32 Å². The van der Waals surface area contributed by atoms with Gasteiger partial charge in [-0.3, -0.25) is 0 Å². The monoisotopic (exact) mass is 378 g/mol. The van der Waals surface area contributed by atoms with Crippen LogP contribution in [0.3, 0.4) is 0 Å². The minimum absolute atomic E-state index is 0.196. The van der Waals surface area contributed by atoms with E-state index >= 15 is 0 Å². The molecule has 1 aromatic carbocycles. The van der Waals surface area contributed by atoms with Gasteiger partial charge in [-0.25, -0.2) is 4.39 Å². The van der Waals surface area contributed by atoms with E-state index in [0.29, 0.717) is 12.6 Å². The number of hydrogen-bond acceptors (Lipinski definition) is 2. The summed E-state index contributed by atoms with van der Waals surface area (Å²) >= 11 is 5.77. The van der Waals surface area contributed by atoms with Gasteiger partial charge in [0.15, 0.2) is 5.11 Å². The van der Waals surface area contributed by atoms with Gasteiger partial charge in [0.25, 0.3) is 0 Å². The van der Waals surface area contributed by atoms with Gasteiger partial charge in [-0.1, -0.05) is 44.2 Å². The number of nitrogens with zero attached hydrogens (tertiary/aromatic N) is 1. The number of ether oxygens (including phenoxy) is 1. The fourth-order valence-electron chi connectivity index (χ4n) is 3.98. The molecule has 3 nitrogen and oxygen atoms in total. The predicted octanol–water partition coefficient (Wildman–Crippen LogP) is 4.79. The average Bonchev–Trinajstić information content (AvgIpc) is 3.09. The number of thiocarbonyl (C=S) groups is 1. The third-order valence-electron chi connectivity index (χ3n) is 5.43. The summed E-state index contributed by atoms with van der Waals surface area (Å²) in [5.74, 6) is -0.196. The summed E-state index contributed by atoms with van der Waals surface area (Å²) in [6.07, 6.45) is 11.4. The number of hydrogen-bond donors (Lipinski definition) is 1. The molecule has 0 amide bonds. The molecule has 1 aromatic rings. The lowest BCUT2D eigenvalue weighted by Gasteiger charge is -2.31. The molecule has 1 aliphatic carbocycles. The van der Waals surface area contributed by atoms with Crippen molar-refractivity contribution in [2.45, 2.75) is 76.5 Å². The van der Waals surface area contributed by atoms with E-state index < -0.39 is 0 Å². The van der Waals surface area contributed by atoms with E-state index in [1.54, 1.807) is 12.1 Å². The zero-order valence-corrected chi connectivity index (χ0v) is 16.4. The highest BCUT2D eigenvalue weighted by Crippen LogP contribution is 2.19. The van der Waals surface area contributed by atoms with Crippen LogP contribution >= 0.6 is 12.2 Å². The Kier molecular flexibility index (Phi) is 7.69. The Balaban J connectivity index is 1.63. The second-order valence-corrected chi connectivity index (χ2v) is 8.02. The Morgan fingerprint density at radius 2 is 1.88 bits per heavy atom. The summed E-state index contributed by atoms with van der Waals surface area (Å²) in [5, 5.41) is 4.39. The highest BCUT2D eigenvalue weighted by Gasteiger charge is 2.22. The van der Waals surface area contributed by atoms with Crippen LogP contribution in [0.2, 0.25) is 0 Å². The van der Waals surface area contributed by atoms with Gasteiger partial charge in [0, 0.05) is 25.7 Å². The standard InChI is InChI=1S/C21H31FN2OS/c22-18-9-6-8-17(14-18)15-24(16-20-12-7-13-25-20)21(26)23-19-10-4-2-1-3-5-11-19/h6,8-9,14,19-20H,1-5,7,10-13,15-16H2,(H,23,26). The van der Waals surface area contributed by atoms with E-state index in [-0.39, 0.29) is 11.9 Å². The summed E-state index contributed by atoms with van der Waals surface area (Å²) in [7, 11) is 0. The van der Waals surface area contributed by atoms with Crippen molar-refractivity contribution in [2.24, 2.45) is 0 Å². The van der Waals surface area contributed by atoms with E-state index in [0.717, 1.165) is 36.7 Å². The van der Waals surface area contributed by atoms with Crippen molar-refractivity contribution < 1.29 is 9.13 Å². The first-order valence-corrected chi connectivity index (χ1v) is 10.5. The maximum absolute atomic E-state index is 13.6. The zero-order chi connectivity index (χ0) is 18.2. The molecular formula is C21H31FN2OS. The van der Waals surface area contributed by atoms with E-state index in [1.807, 2.05) is 6.07 Å². The van der Waals surface area contributed by atoms with Crippen LogP contribution in [0.25, 0.3) is 0 Å². The van der Waals surface area contributed by atoms with Crippen LogP contribution in [0, 0.1) is 5.82 Å². The molecule has 26 heavy (non-hydrogen) atoms. The first kappa shape index (κ1) is 19.6. The zero-order valence-electron chi connectivity index (χ0n) is 15.6. The highest BCUT2D eigenvalue weighted by atomic mass is 32.1. The molecule has 0 aromatic heterocycles. The fraction of sp³-hybridized carbons (Fsp3) is 0.667. The normalized spacial score (nSPS) is 21.8. The van der Waals surface area contributed by atoms with Gasteiger partial charge in [-0.15, -0.1) is 0 Å². The molecule has 5 heteroatoms. The van der Waals surface area contributed by atoms with Crippen LogP contribution in [-0.2, 0) is 11.3 Å². The van der Waals surface area contributed by atoms with Crippen molar-refractivity contribution in [3.05, 3.63) is 35.6 Å². The van der Waals surface area contributed by atoms with Crippen LogP contribution in [0.15, 0.2) is 24.3 Å². The molecule has 1 saturated heterocycles. The summed E-state index contributed by atoms with van der Waals surface area (Å²) in [6.45, 7) is 2.23. The second kappa shape index (κ2) is 10.2. The molecule has 0 spiro atoms. The van der Waals surface area contributed by atoms with Gasteiger partial charge in [0.2, 0.25) is 0 Å². The van der Waals surface area contributed by atoms with E-state index in [9.17, 15) is 4.39 Å². The molecule has 144 valence electrons. The maximum Gasteiger partial charge on any atom is 0.169 e. The molecule has 1 heterocycles. The molecule has 3 rings (SSSR count). The van der Waals surface area contributed by atoms with Crippen LogP contribution in [-0.4, -0.2) is 35.3 Å². The lowest BCUT2D eigenvalue weighted by Crippen LogP contribution is -2.47. The molecule has 0 bridgehead atoms. The lowest BCUT2D eigenvalue weighted by atomic mass is 9.97. The molecule has 1 saturated carbocycles. The van der Waals surface area contributed by atoms with E-state index in [2.05, 4.69) is 10.2 Å². The lowest BCUT2D eigenvalue weighted by molar-refractivity contribution is 0.0895. The molecule has 1 N–H and O–H groups in total. The number of halogens is 1. The average molecular weight is 379 g/mol. The van der Waals surface area contributed by atoms with Crippen molar-refractivity contribution in [3.63, 3.8) is 0 Å². The van der Waals surface area contributed by atoms with E-state index in [4.69, 9.17) is 17.0 Å². The van der Waals surface area contributed by atoms with Gasteiger partial charge in [-0.05, 0) is 55.6 Å². The van der Waals surface area contributed by atoms with Crippen LogP contribution in [0.1, 0.15) is 63.4 Å². The topological polar surface area (TPSA) is 24.5 Å². The first-order chi connectivity index (χ1) is 12.7. The Morgan fingerprint density at radius 3 is 2.58 bits per heavy atom. The minimum atomic E-state index is -0.196. The quantitative estimate of drug-likeness (QED) is 0.744. The molecule has 1 atom stereocenters. The largest absolute Gasteiger partial charge is 0.376 e. The molecule has 1 aliphatic heterocycles. The summed E-state index contributed by atoms with van der Waals surface area (Å²) < 4.78 is 19.4. The van der Waals surface area contributed by atoms with Gasteiger partial charge in [0.1, 0.15) is 5.82 Å². The van der Waals surface area contributed by atoms with Gasteiger partial charge in [0.05, 0.1) is 6.10 Å². The Bertz CT molecular complexity index is 569. The molecular weight excluding hydrogens is 347 g/mol. The summed E-state index contributed by atoms with van der Waals surface area (Å²) in [6, 6.07) is 7.27. The first-order valence-electron chi connectivity index (χ1n) is 10.1. The van der Waals surface area contributed by atoms with E-state index in [1.165, 1.54) is 51.0 Å². The maximum atomic E-state index is 13.6. The van der Waals surface area contributed by atoms with Crippen LogP contribution in [0.4, 0.5) is 4.39 Å². The van der Waals surface area contributed by atoms with Crippen LogP contribution in [0.5, 0.6) is 0 Å². The third kappa shape index (κ3) is 6.20. The van der Waals surface area contributed by atoms with Crippen molar-refractivity contribution in [1.82, 2.24) is 10.2 Å². The second-order valence-electron chi connectivity index (χ2n) is 7.64. The minimum Gasteiger partial charge on any atom is -0.376 e. The van der Waals surface area contributed by atoms with Crippen molar-refractivity contribution in [3.8, 4) is 0 Å². The van der Waals surface area contributed by atoms with Gasteiger partial charge >= 0.3 is 0 Å². The van der Waals surface area contributed by atoms with Crippen molar-refractivity contribution >= 4 is 17.3 Å². The fourth-order valence-corrected chi connectivity index (χ4v) is 4.28. The Labute approximate surface area is 162 Å². The highest BCUT2D eigenvalue weighted by molar-refractivity contribution is 7.80. The van der Waals surface area contributed by atoms with Crippen molar-refractivity contribution in [1.29, 1.82) is 0 Å². The summed E-state index contributed by atoms with van der Waals surface area (Å²) in [4.78, 5) is 2.17. The smallest absolute Gasteiger partial charge is 0.169 e. The molecule has 2 fully saturated rings. The van der Waals surface area contributed by atoms with Crippen molar-refractivity contribution in [2.75, 3.05) is 13.2 Å². The molecule has 1 unspecified atom stereocenters. The molecule has 2 aliphatic rings. The number of rotatable bonds is 5. The van der Waals surface area contributed by atoms with Gasteiger partial charge in [-0.2, -0.15) is 0 Å². The SMILES string of the molecule is Fc1cccc(CN(CC2CCCO2)C(=S)NC2CCCCCCC2)c1. The number of benzene rings is 1. The Morgan fingerprint density at radius 1 is 1.12 bits per heavy atom.